The predicted octanol–water partition coefficient (Wildman–Crippen LogP) is 5.39. The number of halogens is 3. The van der Waals surface area contributed by atoms with Gasteiger partial charge in [0.25, 0.3) is 5.91 Å². The zero-order valence-corrected chi connectivity index (χ0v) is 20.9. The Balaban J connectivity index is 1.72. The van der Waals surface area contributed by atoms with Gasteiger partial charge in [0.1, 0.15) is 11.5 Å². The van der Waals surface area contributed by atoms with Crippen molar-refractivity contribution in [2.45, 2.75) is 13.5 Å². The standard InChI is InChI=1S/C21H18BrCl2N3O4S/c1-13-17(22)10-16(31-13)11-25-26-21(28)15-8-6-14(7-9-15)12-27(32(2,29)30)19-5-3-4-18(23)20(19)24/h3-11H,12H2,1-2H3,(H,26,28)/b25-11-. The van der Waals surface area contributed by atoms with Crippen molar-refractivity contribution in [3.8, 4) is 0 Å². The highest BCUT2D eigenvalue weighted by molar-refractivity contribution is 9.10. The minimum absolute atomic E-state index is 0.0195. The number of amides is 1. The normalized spacial score (nSPS) is 11.7. The number of hydrogen-bond acceptors (Lipinski definition) is 5. The topological polar surface area (TPSA) is 92.0 Å². The summed E-state index contributed by atoms with van der Waals surface area (Å²) in [4.78, 5) is 12.3. The minimum atomic E-state index is -3.64. The van der Waals surface area contributed by atoms with Crippen LogP contribution in [-0.4, -0.2) is 26.8 Å². The Morgan fingerprint density at radius 1 is 1.22 bits per heavy atom. The van der Waals surface area contributed by atoms with Crippen molar-refractivity contribution in [2.75, 3.05) is 10.6 Å². The molecule has 3 rings (SSSR count). The Hall–Kier alpha value is -2.33. The van der Waals surface area contributed by atoms with E-state index in [9.17, 15) is 13.2 Å². The van der Waals surface area contributed by atoms with Gasteiger partial charge in [0.15, 0.2) is 0 Å². The number of anilines is 1. The fourth-order valence-corrected chi connectivity index (χ4v) is 4.40. The zero-order valence-electron chi connectivity index (χ0n) is 17.0. The van der Waals surface area contributed by atoms with Crippen molar-refractivity contribution < 1.29 is 17.6 Å². The van der Waals surface area contributed by atoms with E-state index in [0.717, 1.165) is 15.0 Å². The van der Waals surface area contributed by atoms with Crippen LogP contribution in [0.4, 0.5) is 5.69 Å². The van der Waals surface area contributed by atoms with Crippen LogP contribution in [0.5, 0.6) is 0 Å². The van der Waals surface area contributed by atoms with Gasteiger partial charge < -0.3 is 4.42 Å². The highest BCUT2D eigenvalue weighted by Gasteiger charge is 2.21. The van der Waals surface area contributed by atoms with E-state index in [2.05, 4.69) is 26.5 Å². The molecule has 0 bridgehead atoms. The third-order valence-corrected chi connectivity index (χ3v) is 7.10. The summed E-state index contributed by atoms with van der Waals surface area (Å²) in [6.45, 7) is 1.82. The van der Waals surface area contributed by atoms with E-state index in [1.165, 1.54) is 6.21 Å². The molecule has 7 nitrogen and oxygen atoms in total. The number of hydrazone groups is 1. The molecular formula is C21H18BrCl2N3O4S. The molecule has 168 valence electrons. The largest absolute Gasteiger partial charge is 0.459 e. The van der Waals surface area contributed by atoms with Crippen LogP contribution < -0.4 is 9.73 Å². The summed E-state index contributed by atoms with van der Waals surface area (Å²) in [6, 6.07) is 13.0. The number of carbonyl (C=O) groups excluding carboxylic acids is 1. The number of aryl methyl sites for hydroxylation is 1. The number of nitrogens with one attached hydrogen (secondary N) is 1. The Kier molecular flexibility index (Phi) is 7.66. The average Bonchev–Trinajstić information content (AvgIpc) is 3.05. The van der Waals surface area contributed by atoms with Crippen molar-refractivity contribution >= 4 is 67.0 Å². The Morgan fingerprint density at radius 2 is 1.91 bits per heavy atom. The van der Waals surface area contributed by atoms with E-state index in [4.69, 9.17) is 27.6 Å². The molecule has 1 aromatic heterocycles. The second-order valence-corrected chi connectivity index (χ2v) is 10.3. The predicted molar refractivity (Wildman–Crippen MR) is 130 cm³/mol. The third kappa shape index (κ3) is 5.92. The molecule has 11 heteroatoms. The van der Waals surface area contributed by atoms with Crippen molar-refractivity contribution in [3.63, 3.8) is 0 Å². The monoisotopic (exact) mass is 557 g/mol. The van der Waals surface area contributed by atoms with Crippen LogP contribution in [0.1, 0.15) is 27.4 Å². The number of carbonyl (C=O) groups is 1. The fraction of sp³-hybridized carbons (Fsp3) is 0.143. The van der Waals surface area contributed by atoms with Gasteiger partial charge in [0.05, 0.1) is 39.2 Å². The molecule has 1 amide bonds. The van der Waals surface area contributed by atoms with Gasteiger partial charge in [-0.15, -0.1) is 0 Å². The number of furan rings is 1. The summed E-state index contributed by atoms with van der Waals surface area (Å²) >= 11 is 15.6. The van der Waals surface area contributed by atoms with Crippen LogP contribution in [0.3, 0.4) is 0 Å². The molecule has 0 aliphatic carbocycles. The highest BCUT2D eigenvalue weighted by atomic mass is 79.9. The van der Waals surface area contributed by atoms with Gasteiger partial charge in [-0.25, -0.2) is 13.8 Å². The molecule has 0 fully saturated rings. The number of nitrogens with zero attached hydrogens (tertiary/aromatic N) is 2. The van der Waals surface area contributed by atoms with E-state index in [-0.39, 0.29) is 22.3 Å². The Morgan fingerprint density at radius 3 is 2.50 bits per heavy atom. The average molecular weight is 559 g/mol. The van der Waals surface area contributed by atoms with Crippen LogP contribution in [0.25, 0.3) is 0 Å². The molecule has 0 spiro atoms. The van der Waals surface area contributed by atoms with Crippen LogP contribution in [0, 0.1) is 6.92 Å². The van der Waals surface area contributed by atoms with Gasteiger partial charge >= 0.3 is 0 Å². The molecular weight excluding hydrogens is 541 g/mol. The molecule has 0 aliphatic rings. The molecule has 2 aromatic carbocycles. The SMILES string of the molecule is Cc1oc(/C=N\NC(=O)c2ccc(CN(c3cccc(Cl)c3Cl)S(C)(=O)=O)cc2)cc1Br. The lowest BCUT2D eigenvalue weighted by Crippen LogP contribution is -2.29. The van der Waals surface area contributed by atoms with Crippen LogP contribution in [0.15, 0.2) is 62.5 Å². The molecule has 0 saturated carbocycles. The van der Waals surface area contributed by atoms with E-state index in [0.29, 0.717) is 22.6 Å². The Bertz CT molecular complexity index is 1260. The maximum Gasteiger partial charge on any atom is 0.271 e. The second-order valence-electron chi connectivity index (χ2n) is 6.79. The van der Waals surface area contributed by atoms with E-state index >= 15 is 0 Å². The smallest absolute Gasteiger partial charge is 0.271 e. The molecule has 0 atom stereocenters. The van der Waals surface area contributed by atoms with Gasteiger partial charge in [0, 0.05) is 11.6 Å². The quantitative estimate of drug-likeness (QED) is 0.311. The van der Waals surface area contributed by atoms with Gasteiger partial charge in [-0.2, -0.15) is 5.10 Å². The third-order valence-electron chi connectivity index (χ3n) is 4.38. The molecule has 0 saturated heterocycles. The molecule has 0 radical (unpaired) electrons. The molecule has 3 aromatic rings. The van der Waals surface area contributed by atoms with Gasteiger partial charge in [-0.05, 0) is 52.7 Å². The summed E-state index contributed by atoms with van der Waals surface area (Å²) in [5.41, 5.74) is 3.70. The first-order valence-electron chi connectivity index (χ1n) is 9.16. The maximum absolute atomic E-state index is 12.4. The summed E-state index contributed by atoms with van der Waals surface area (Å²) in [5.74, 6) is 0.772. The second kappa shape index (κ2) is 10.1. The van der Waals surface area contributed by atoms with Crippen molar-refractivity contribution in [2.24, 2.45) is 5.10 Å². The molecule has 1 N–H and O–H groups in total. The summed E-state index contributed by atoms with van der Waals surface area (Å²) in [7, 11) is -3.64. The van der Waals surface area contributed by atoms with E-state index in [1.54, 1.807) is 55.5 Å². The number of benzene rings is 2. The lowest BCUT2D eigenvalue weighted by atomic mass is 10.1. The molecule has 1 heterocycles. The van der Waals surface area contributed by atoms with Gasteiger partial charge in [-0.1, -0.05) is 41.4 Å². The maximum atomic E-state index is 12.4. The van der Waals surface area contributed by atoms with Crippen LogP contribution >= 0.6 is 39.1 Å². The van der Waals surface area contributed by atoms with Gasteiger partial charge in [-0.3, -0.25) is 9.10 Å². The van der Waals surface area contributed by atoms with Crippen LogP contribution in [-0.2, 0) is 16.6 Å². The highest BCUT2D eigenvalue weighted by Crippen LogP contribution is 2.34. The Labute approximate surface area is 204 Å². The van der Waals surface area contributed by atoms with Crippen molar-refractivity contribution in [3.05, 3.63) is 85.7 Å². The molecule has 32 heavy (non-hydrogen) atoms. The van der Waals surface area contributed by atoms with Gasteiger partial charge in [0.2, 0.25) is 10.0 Å². The summed E-state index contributed by atoms with van der Waals surface area (Å²) in [5, 5.41) is 4.28. The lowest BCUT2D eigenvalue weighted by molar-refractivity contribution is 0.0955. The number of sulfonamides is 1. The first-order chi connectivity index (χ1) is 15.1. The zero-order chi connectivity index (χ0) is 23.5. The van der Waals surface area contributed by atoms with E-state index < -0.39 is 15.9 Å². The molecule has 0 aliphatic heterocycles. The number of hydrogen-bond donors (Lipinski definition) is 1. The fourth-order valence-electron chi connectivity index (χ4n) is 2.76. The van der Waals surface area contributed by atoms with E-state index in [1.807, 2.05) is 0 Å². The minimum Gasteiger partial charge on any atom is -0.459 e. The van der Waals surface area contributed by atoms with Crippen molar-refractivity contribution in [1.29, 1.82) is 0 Å². The molecule has 0 unspecified atom stereocenters. The first-order valence-corrected chi connectivity index (χ1v) is 12.6. The van der Waals surface area contributed by atoms with Crippen LogP contribution in [0.2, 0.25) is 10.0 Å². The summed E-state index contributed by atoms with van der Waals surface area (Å²) < 4.78 is 32.1. The first kappa shape index (κ1) is 24.3. The lowest BCUT2D eigenvalue weighted by Gasteiger charge is -2.24. The number of rotatable bonds is 7. The van der Waals surface area contributed by atoms with Crippen molar-refractivity contribution in [1.82, 2.24) is 5.43 Å². The summed E-state index contributed by atoms with van der Waals surface area (Å²) in [6.07, 6.45) is 2.48.